The summed E-state index contributed by atoms with van der Waals surface area (Å²) in [5, 5.41) is 9.01. The third kappa shape index (κ3) is 2.44. The smallest absolute Gasteiger partial charge is 0.320 e. The molecule has 13 heavy (non-hydrogen) atoms. The second-order valence-corrected chi connectivity index (χ2v) is 3.87. The van der Waals surface area contributed by atoms with E-state index in [1.807, 2.05) is 0 Å². The Hall–Kier alpha value is -0.570. The Balaban J connectivity index is 2.42. The lowest BCUT2D eigenvalue weighted by molar-refractivity contribution is -0.147. The molecule has 0 spiro atoms. The van der Waals surface area contributed by atoms with Crippen molar-refractivity contribution in [3.05, 3.63) is 0 Å². The van der Waals surface area contributed by atoms with Crippen LogP contribution in [0.25, 0.3) is 0 Å². The summed E-state index contributed by atoms with van der Waals surface area (Å²) in [5.74, 6) is -0.653. The fourth-order valence-electron chi connectivity index (χ4n) is 1.83. The summed E-state index contributed by atoms with van der Waals surface area (Å²) in [7, 11) is 0. The zero-order chi connectivity index (χ0) is 9.84. The van der Waals surface area contributed by atoms with Crippen LogP contribution in [0.15, 0.2) is 0 Å². The van der Waals surface area contributed by atoms with Crippen molar-refractivity contribution in [3.63, 3.8) is 0 Å². The zero-order valence-corrected chi connectivity index (χ0v) is 8.49. The molecule has 0 amide bonds. The highest BCUT2D eigenvalue weighted by atomic mass is 16.4. The van der Waals surface area contributed by atoms with Crippen LogP contribution in [0, 0.1) is 0 Å². The first-order valence-corrected chi connectivity index (χ1v) is 5.15. The van der Waals surface area contributed by atoms with Gasteiger partial charge in [0, 0.05) is 12.6 Å². The summed E-state index contributed by atoms with van der Waals surface area (Å²) in [4.78, 5) is 13.0. The van der Waals surface area contributed by atoms with Crippen LogP contribution in [0.3, 0.4) is 0 Å². The number of carboxylic acid groups (broad SMARTS) is 1. The van der Waals surface area contributed by atoms with Crippen LogP contribution < -0.4 is 0 Å². The normalized spacial score (nSPS) is 25.2. The second kappa shape index (κ2) is 4.61. The van der Waals surface area contributed by atoms with Gasteiger partial charge in [0.05, 0.1) is 0 Å². The van der Waals surface area contributed by atoms with E-state index < -0.39 is 5.97 Å². The third-order valence-electron chi connectivity index (χ3n) is 2.89. The van der Waals surface area contributed by atoms with Crippen molar-refractivity contribution in [2.75, 3.05) is 6.54 Å². The van der Waals surface area contributed by atoms with Gasteiger partial charge in [-0.05, 0) is 19.8 Å². The van der Waals surface area contributed by atoms with E-state index in [4.69, 9.17) is 5.11 Å². The quantitative estimate of drug-likeness (QED) is 0.709. The Labute approximate surface area is 79.7 Å². The van der Waals surface area contributed by atoms with Crippen molar-refractivity contribution < 1.29 is 9.90 Å². The number of hydrogen-bond acceptors (Lipinski definition) is 2. The lowest BCUT2D eigenvalue weighted by Gasteiger charge is -2.42. The van der Waals surface area contributed by atoms with E-state index >= 15 is 0 Å². The first-order valence-electron chi connectivity index (χ1n) is 5.15. The number of carboxylic acids is 1. The summed E-state index contributed by atoms with van der Waals surface area (Å²) in [6.45, 7) is 5.16. The molecular formula is C10H19NO2. The molecule has 3 nitrogen and oxygen atoms in total. The SMILES string of the molecule is CCCCC(C(=O)O)N1CCC1C. The maximum absolute atomic E-state index is 10.9. The fourth-order valence-corrected chi connectivity index (χ4v) is 1.83. The highest BCUT2D eigenvalue weighted by Gasteiger charge is 2.34. The van der Waals surface area contributed by atoms with Crippen LogP contribution in [-0.4, -0.2) is 34.6 Å². The van der Waals surface area contributed by atoms with Crippen LogP contribution >= 0.6 is 0 Å². The number of hydrogen-bond donors (Lipinski definition) is 1. The predicted molar refractivity (Wildman–Crippen MR) is 51.7 cm³/mol. The zero-order valence-electron chi connectivity index (χ0n) is 8.49. The minimum atomic E-state index is -0.653. The standard InChI is InChI=1S/C10H19NO2/c1-3-4-5-9(10(12)13)11-7-6-8(11)2/h8-9H,3-7H2,1-2H3,(H,12,13). The van der Waals surface area contributed by atoms with Crippen LogP contribution in [0.4, 0.5) is 0 Å². The minimum absolute atomic E-state index is 0.233. The minimum Gasteiger partial charge on any atom is -0.480 e. The third-order valence-corrected chi connectivity index (χ3v) is 2.89. The van der Waals surface area contributed by atoms with Gasteiger partial charge in [0.15, 0.2) is 0 Å². The first-order chi connectivity index (χ1) is 6.16. The lowest BCUT2D eigenvalue weighted by Crippen LogP contribution is -2.54. The average molecular weight is 185 g/mol. The fraction of sp³-hybridized carbons (Fsp3) is 0.900. The molecule has 1 rings (SSSR count). The second-order valence-electron chi connectivity index (χ2n) is 3.87. The first kappa shape index (κ1) is 10.5. The van der Waals surface area contributed by atoms with Crippen molar-refractivity contribution in [1.29, 1.82) is 0 Å². The maximum atomic E-state index is 10.9. The van der Waals surface area contributed by atoms with Gasteiger partial charge in [0.1, 0.15) is 6.04 Å². The summed E-state index contributed by atoms with van der Waals surface area (Å²) >= 11 is 0. The van der Waals surface area contributed by atoms with E-state index in [0.717, 1.165) is 32.2 Å². The van der Waals surface area contributed by atoms with Crippen molar-refractivity contribution in [3.8, 4) is 0 Å². The van der Waals surface area contributed by atoms with Crippen LogP contribution in [-0.2, 0) is 4.79 Å². The van der Waals surface area contributed by atoms with Gasteiger partial charge in [-0.3, -0.25) is 9.69 Å². The van der Waals surface area contributed by atoms with Crippen LogP contribution in [0.2, 0.25) is 0 Å². The number of likely N-dealkylation sites (tertiary alicyclic amines) is 1. The lowest BCUT2D eigenvalue weighted by atomic mass is 9.98. The number of unbranched alkanes of at least 4 members (excludes halogenated alkanes) is 1. The summed E-state index contributed by atoms with van der Waals surface area (Å²) < 4.78 is 0. The summed E-state index contributed by atoms with van der Waals surface area (Å²) in [6.07, 6.45) is 4.04. The van der Waals surface area contributed by atoms with Crippen molar-refractivity contribution >= 4 is 5.97 Å². The molecule has 1 heterocycles. The van der Waals surface area contributed by atoms with E-state index in [-0.39, 0.29) is 6.04 Å². The van der Waals surface area contributed by atoms with E-state index in [2.05, 4.69) is 18.7 Å². The molecule has 1 saturated heterocycles. The molecule has 0 bridgehead atoms. The molecule has 0 radical (unpaired) electrons. The molecule has 76 valence electrons. The van der Waals surface area contributed by atoms with Gasteiger partial charge >= 0.3 is 5.97 Å². The molecule has 2 atom stereocenters. The summed E-state index contributed by atoms with van der Waals surface area (Å²) in [6, 6.07) is 0.238. The topological polar surface area (TPSA) is 40.5 Å². The highest BCUT2D eigenvalue weighted by Crippen LogP contribution is 2.22. The molecule has 0 aromatic rings. The molecule has 3 heteroatoms. The maximum Gasteiger partial charge on any atom is 0.320 e. The highest BCUT2D eigenvalue weighted by molar-refractivity contribution is 5.73. The Morgan fingerprint density at radius 2 is 2.38 bits per heavy atom. The number of nitrogens with zero attached hydrogens (tertiary/aromatic N) is 1. The molecule has 1 aliphatic heterocycles. The van der Waals surface area contributed by atoms with E-state index in [9.17, 15) is 4.79 Å². The van der Waals surface area contributed by atoms with Gasteiger partial charge in [-0.2, -0.15) is 0 Å². The van der Waals surface area contributed by atoms with Gasteiger partial charge in [0.2, 0.25) is 0 Å². The molecule has 1 aliphatic rings. The molecule has 0 aromatic heterocycles. The number of aliphatic carboxylic acids is 1. The Morgan fingerprint density at radius 1 is 1.69 bits per heavy atom. The van der Waals surface area contributed by atoms with Crippen molar-refractivity contribution in [2.45, 2.75) is 51.6 Å². The molecule has 1 fully saturated rings. The monoisotopic (exact) mass is 185 g/mol. The van der Waals surface area contributed by atoms with Crippen LogP contribution in [0.1, 0.15) is 39.5 Å². The summed E-state index contributed by atoms with van der Waals surface area (Å²) in [5.41, 5.74) is 0. The Bertz CT molecular complexity index is 182. The van der Waals surface area contributed by atoms with E-state index in [1.165, 1.54) is 0 Å². The Morgan fingerprint density at radius 3 is 2.69 bits per heavy atom. The van der Waals surface area contributed by atoms with Crippen molar-refractivity contribution in [2.24, 2.45) is 0 Å². The van der Waals surface area contributed by atoms with E-state index in [0.29, 0.717) is 6.04 Å². The molecule has 1 N–H and O–H groups in total. The number of carbonyl (C=O) groups is 1. The van der Waals surface area contributed by atoms with Crippen molar-refractivity contribution in [1.82, 2.24) is 4.90 Å². The van der Waals surface area contributed by atoms with Gasteiger partial charge in [-0.15, -0.1) is 0 Å². The van der Waals surface area contributed by atoms with Gasteiger partial charge in [-0.1, -0.05) is 19.8 Å². The molecule has 0 saturated carbocycles. The van der Waals surface area contributed by atoms with Gasteiger partial charge in [0.25, 0.3) is 0 Å². The molecule has 2 unspecified atom stereocenters. The largest absolute Gasteiger partial charge is 0.480 e. The van der Waals surface area contributed by atoms with Crippen LogP contribution in [0.5, 0.6) is 0 Å². The Kier molecular flexibility index (Phi) is 3.72. The molecule has 0 aromatic carbocycles. The van der Waals surface area contributed by atoms with Gasteiger partial charge < -0.3 is 5.11 Å². The predicted octanol–water partition coefficient (Wildman–Crippen LogP) is 1.72. The number of rotatable bonds is 5. The molecular weight excluding hydrogens is 166 g/mol. The molecule has 0 aliphatic carbocycles. The van der Waals surface area contributed by atoms with Gasteiger partial charge in [-0.25, -0.2) is 0 Å². The average Bonchev–Trinajstić information content (AvgIpc) is 2.08. The van der Waals surface area contributed by atoms with E-state index in [1.54, 1.807) is 0 Å².